The number of aromatic nitrogens is 1. The van der Waals surface area contributed by atoms with Gasteiger partial charge in [0.25, 0.3) is 16.0 Å². The van der Waals surface area contributed by atoms with Crippen LogP contribution in [0.2, 0.25) is 0 Å². The number of sulfonamides is 1. The van der Waals surface area contributed by atoms with Gasteiger partial charge in [0.1, 0.15) is 13.3 Å². The number of halogens is 3. The first kappa shape index (κ1) is 29.0. The second kappa shape index (κ2) is 12.4. The largest absolute Gasteiger partial charge is 0.486 e. The first-order valence-electron chi connectivity index (χ1n) is 11.4. The fourth-order valence-electron chi connectivity index (χ4n) is 3.86. The molecule has 2 rings (SSSR count). The lowest BCUT2D eigenvalue weighted by Gasteiger charge is -2.36. The zero-order chi connectivity index (χ0) is 25.4. The second-order valence-electron chi connectivity index (χ2n) is 8.65. The van der Waals surface area contributed by atoms with Gasteiger partial charge in [0.15, 0.2) is 17.4 Å². The summed E-state index contributed by atoms with van der Waals surface area (Å²) in [5.74, 6) is -3.26. The van der Waals surface area contributed by atoms with Gasteiger partial charge in [-0.2, -0.15) is 9.37 Å². The van der Waals surface area contributed by atoms with Crippen molar-refractivity contribution in [3.05, 3.63) is 40.0 Å². The van der Waals surface area contributed by atoms with E-state index in [9.17, 15) is 21.6 Å². The predicted octanol–water partition coefficient (Wildman–Crippen LogP) is 6.93. The Morgan fingerprint density at radius 3 is 2.45 bits per heavy atom. The lowest BCUT2D eigenvalue weighted by molar-refractivity contribution is 0.215. The Balaban J connectivity index is 0.00000265. The van der Waals surface area contributed by atoms with Crippen LogP contribution in [0.15, 0.2) is 28.2 Å². The van der Waals surface area contributed by atoms with Crippen LogP contribution in [0.5, 0.6) is 5.75 Å². The van der Waals surface area contributed by atoms with Crippen molar-refractivity contribution in [2.24, 2.45) is 11.3 Å². The molecule has 0 saturated carbocycles. The number of hydrogen-bond donors (Lipinski definition) is 1. The summed E-state index contributed by atoms with van der Waals surface area (Å²) in [4.78, 5) is 3.39. The normalized spacial score (nSPS) is 17.4. The van der Waals surface area contributed by atoms with Crippen LogP contribution in [0.1, 0.15) is 74.1 Å². The monoisotopic (exact) mass is 490 g/mol. The van der Waals surface area contributed by atoms with Gasteiger partial charge in [0.05, 0.1) is 4.91 Å². The molecule has 1 unspecified atom stereocenters. The molecule has 0 aromatic carbocycles. The number of anilines is 1. The fraction of sp³-hybridized carbons (Fsp3) is 0.625. The molecule has 1 heterocycles. The molecule has 0 saturated heterocycles. The summed E-state index contributed by atoms with van der Waals surface area (Å²) in [7, 11) is -4.21. The molecule has 0 fully saturated rings. The summed E-state index contributed by atoms with van der Waals surface area (Å²) in [6.45, 7) is 12.8. The van der Waals surface area contributed by atoms with Gasteiger partial charge in [0, 0.05) is 6.07 Å². The lowest BCUT2D eigenvalue weighted by atomic mass is 9.70. The number of hydrogen-bond acceptors (Lipinski definition) is 4. The highest BCUT2D eigenvalue weighted by atomic mass is 32.2. The number of ether oxygens (including phenoxy) is 1. The summed E-state index contributed by atoms with van der Waals surface area (Å²) < 4.78 is 73.5. The minimum atomic E-state index is -4.21. The summed E-state index contributed by atoms with van der Waals surface area (Å²) in [5, 5.41) is 0. The van der Waals surface area contributed by atoms with Crippen LogP contribution in [0.4, 0.5) is 19.0 Å². The van der Waals surface area contributed by atoms with Crippen molar-refractivity contribution >= 4 is 15.8 Å². The Morgan fingerprint density at radius 2 is 1.94 bits per heavy atom. The van der Waals surface area contributed by atoms with E-state index in [0.29, 0.717) is 24.8 Å². The van der Waals surface area contributed by atoms with Crippen molar-refractivity contribution < 1.29 is 26.3 Å². The molecule has 1 aliphatic rings. The van der Waals surface area contributed by atoms with Gasteiger partial charge in [-0.1, -0.05) is 53.2 Å². The average Bonchev–Trinajstić information content (AvgIpc) is 2.76. The Bertz CT molecular complexity index is 968. The summed E-state index contributed by atoms with van der Waals surface area (Å²) in [5.41, 5.74) is 1.89. The van der Waals surface area contributed by atoms with Crippen LogP contribution >= 0.6 is 0 Å². The number of rotatable bonds is 8. The maximum Gasteiger partial charge on any atom is 0.263 e. The van der Waals surface area contributed by atoms with Crippen LogP contribution in [0.3, 0.4) is 0 Å². The molecule has 33 heavy (non-hydrogen) atoms. The van der Waals surface area contributed by atoms with E-state index in [1.54, 1.807) is 6.92 Å². The molecule has 5 nitrogen and oxygen atoms in total. The van der Waals surface area contributed by atoms with E-state index < -0.39 is 46.6 Å². The third-order valence-electron chi connectivity index (χ3n) is 5.63. The van der Waals surface area contributed by atoms with Crippen molar-refractivity contribution in [2.45, 2.75) is 74.1 Å². The number of nitrogens with zero attached hydrogens (tertiary/aromatic N) is 1. The molecule has 0 radical (unpaired) electrons. The maximum atomic E-state index is 14.4. The second-order valence-corrected chi connectivity index (χ2v) is 10.3. The standard InChI is InChI=1S/C22H31F3N2O3S.C2H6/c1-6-14-12-15(22(3,4)5)8-9-16(14)19(7-2)31(28,29)27-21-17(24)13-18(20(25)26-21)30-11-10-23;1-2/h7,13,15H,6,8-12H2,1-5H3,(H,26,27);1-2H3/b19-7+;. The molecule has 188 valence electrons. The molecular formula is C24H37F3N2O3S. The van der Waals surface area contributed by atoms with E-state index in [1.807, 2.05) is 20.8 Å². The van der Waals surface area contributed by atoms with Crippen LogP contribution in [-0.4, -0.2) is 26.7 Å². The van der Waals surface area contributed by atoms with Gasteiger partial charge in [-0.3, -0.25) is 4.72 Å². The fourth-order valence-corrected chi connectivity index (χ4v) is 5.25. The van der Waals surface area contributed by atoms with Crippen LogP contribution < -0.4 is 9.46 Å². The van der Waals surface area contributed by atoms with Gasteiger partial charge in [-0.05, 0) is 49.5 Å². The highest BCUT2D eigenvalue weighted by molar-refractivity contribution is 7.96. The van der Waals surface area contributed by atoms with Crippen molar-refractivity contribution in [3.63, 3.8) is 0 Å². The minimum absolute atomic E-state index is 0.0519. The molecule has 0 aliphatic heterocycles. The molecule has 1 aromatic heterocycles. The van der Waals surface area contributed by atoms with Crippen molar-refractivity contribution in [2.75, 3.05) is 18.0 Å². The molecule has 0 spiro atoms. The van der Waals surface area contributed by atoms with E-state index in [4.69, 9.17) is 4.74 Å². The van der Waals surface area contributed by atoms with Crippen molar-refractivity contribution in [1.82, 2.24) is 4.98 Å². The number of alkyl halides is 1. The number of allylic oxidation sites excluding steroid dienone is 3. The molecule has 0 amide bonds. The van der Waals surface area contributed by atoms with Gasteiger partial charge in [-0.15, -0.1) is 0 Å². The highest BCUT2D eigenvalue weighted by Crippen LogP contribution is 2.44. The smallest absolute Gasteiger partial charge is 0.263 e. The summed E-state index contributed by atoms with van der Waals surface area (Å²) >= 11 is 0. The summed E-state index contributed by atoms with van der Waals surface area (Å²) in [6, 6.07) is 0.649. The zero-order valence-electron chi connectivity index (χ0n) is 20.7. The predicted molar refractivity (Wildman–Crippen MR) is 127 cm³/mol. The average molecular weight is 491 g/mol. The summed E-state index contributed by atoms with van der Waals surface area (Å²) in [6.07, 6.45) is 4.40. The van der Waals surface area contributed by atoms with E-state index >= 15 is 0 Å². The SMILES string of the molecule is C/C=C(\C1=C(CC)CC(C(C)(C)C)CC1)S(=O)(=O)Nc1nc(F)c(OCCF)cc1F.CC. The molecule has 0 bridgehead atoms. The third kappa shape index (κ3) is 7.48. The number of nitrogens with one attached hydrogen (secondary N) is 1. The van der Waals surface area contributed by atoms with Gasteiger partial charge in [0.2, 0.25) is 0 Å². The minimum Gasteiger partial charge on any atom is -0.486 e. The van der Waals surface area contributed by atoms with Crippen molar-refractivity contribution in [3.8, 4) is 5.75 Å². The molecule has 9 heteroatoms. The van der Waals surface area contributed by atoms with Gasteiger partial charge >= 0.3 is 0 Å². The molecule has 1 aromatic rings. The zero-order valence-corrected chi connectivity index (χ0v) is 21.5. The topological polar surface area (TPSA) is 68.3 Å². The number of pyridine rings is 1. The van der Waals surface area contributed by atoms with Crippen LogP contribution in [0, 0.1) is 23.1 Å². The first-order valence-corrected chi connectivity index (χ1v) is 12.9. The molecule has 1 N–H and O–H groups in total. The Labute approximate surface area is 196 Å². The third-order valence-corrected chi connectivity index (χ3v) is 7.15. The highest BCUT2D eigenvalue weighted by Gasteiger charge is 2.33. The maximum absolute atomic E-state index is 14.4. The Hall–Kier alpha value is -2.03. The van der Waals surface area contributed by atoms with E-state index in [2.05, 4.69) is 30.5 Å². The van der Waals surface area contributed by atoms with E-state index in [1.165, 1.54) is 6.08 Å². The van der Waals surface area contributed by atoms with Gasteiger partial charge in [-0.25, -0.2) is 17.2 Å². The molecular weight excluding hydrogens is 453 g/mol. The lowest BCUT2D eigenvalue weighted by Crippen LogP contribution is -2.26. The first-order chi connectivity index (χ1) is 15.4. The van der Waals surface area contributed by atoms with E-state index in [-0.39, 0.29) is 10.3 Å². The van der Waals surface area contributed by atoms with Crippen LogP contribution in [0.25, 0.3) is 0 Å². The molecule has 1 aliphatic carbocycles. The Kier molecular flexibility index (Phi) is 10.9. The van der Waals surface area contributed by atoms with Crippen LogP contribution in [-0.2, 0) is 10.0 Å². The van der Waals surface area contributed by atoms with Crippen molar-refractivity contribution in [1.29, 1.82) is 0 Å². The van der Waals surface area contributed by atoms with Gasteiger partial charge < -0.3 is 4.74 Å². The Morgan fingerprint density at radius 1 is 1.30 bits per heavy atom. The van der Waals surface area contributed by atoms with E-state index in [0.717, 1.165) is 24.0 Å². The quantitative estimate of drug-likeness (QED) is 0.401. The molecule has 1 atom stereocenters.